The highest BCUT2D eigenvalue weighted by molar-refractivity contribution is 5.93. The summed E-state index contributed by atoms with van der Waals surface area (Å²) < 4.78 is 0. The highest BCUT2D eigenvalue weighted by Crippen LogP contribution is 2.12. The van der Waals surface area contributed by atoms with Crippen molar-refractivity contribution in [2.45, 2.75) is 26.0 Å². The maximum Gasteiger partial charge on any atom is 0.328 e. The molecule has 0 aliphatic carbocycles. The molecule has 0 aliphatic rings. The van der Waals surface area contributed by atoms with Gasteiger partial charge in [0.1, 0.15) is 0 Å². The number of nitrogens with one attached hydrogen (secondary N) is 2. The smallest absolute Gasteiger partial charge is 0.328 e. The number of aliphatic hydroxyl groups is 1. The summed E-state index contributed by atoms with van der Waals surface area (Å²) in [5.74, 6) is -1.29. The molecule has 0 saturated heterocycles. The third kappa shape index (κ3) is 3.74. The van der Waals surface area contributed by atoms with Crippen molar-refractivity contribution in [3.05, 3.63) is 29.8 Å². The topological polar surface area (TPSA) is 98.7 Å². The Kier molecular flexibility index (Phi) is 4.67. The molecule has 6 nitrogen and oxygen atoms in total. The van der Waals surface area contributed by atoms with Gasteiger partial charge in [0.05, 0.1) is 6.10 Å². The fourth-order valence-corrected chi connectivity index (χ4v) is 1.40. The Bertz CT molecular complexity index is 445. The number of anilines is 1. The summed E-state index contributed by atoms with van der Waals surface area (Å²) >= 11 is 0. The number of carboxylic acid groups (broad SMARTS) is 1. The molecule has 18 heavy (non-hydrogen) atoms. The number of hydrogen-bond acceptors (Lipinski definition) is 3. The molecule has 2 atom stereocenters. The molecule has 0 fully saturated rings. The first-order valence-corrected chi connectivity index (χ1v) is 5.46. The van der Waals surface area contributed by atoms with E-state index in [1.165, 1.54) is 6.92 Å². The van der Waals surface area contributed by atoms with E-state index < -0.39 is 24.1 Å². The highest BCUT2D eigenvalue weighted by Gasteiger charge is 2.24. The van der Waals surface area contributed by atoms with Gasteiger partial charge in [-0.2, -0.15) is 0 Å². The number of carbonyl (C=O) groups excluding carboxylic acids is 1. The zero-order chi connectivity index (χ0) is 13.7. The zero-order valence-corrected chi connectivity index (χ0v) is 10.2. The maximum absolute atomic E-state index is 11.6. The van der Waals surface area contributed by atoms with E-state index in [4.69, 9.17) is 5.11 Å². The summed E-state index contributed by atoms with van der Waals surface area (Å²) in [4.78, 5) is 22.4. The van der Waals surface area contributed by atoms with Gasteiger partial charge in [0.2, 0.25) is 0 Å². The number of para-hydroxylation sites is 1. The van der Waals surface area contributed by atoms with Crippen LogP contribution in [0.15, 0.2) is 24.3 Å². The van der Waals surface area contributed by atoms with Crippen LogP contribution in [0.4, 0.5) is 10.5 Å². The first-order chi connectivity index (χ1) is 8.41. The van der Waals surface area contributed by atoms with Crippen molar-refractivity contribution in [3.63, 3.8) is 0 Å². The van der Waals surface area contributed by atoms with Gasteiger partial charge in [0.25, 0.3) is 0 Å². The lowest BCUT2D eigenvalue weighted by atomic mass is 10.2. The van der Waals surface area contributed by atoms with Gasteiger partial charge in [0.15, 0.2) is 6.04 Å². The van der Waals surface area contributed by atoms with Gasteiger partial charge in [-0.1, -0.05) is 18.2 Å². The fourth-order valence-electron chi connectivity index (χ4n) is 1.40. The summed E-state index contributed by atoms with van der Waals surface area (Å²) in [6.07, 6.45) is -1.18. The average molecular weight is 252 g/mol. The van der Waals surface area contributed by atoms with Crippen molar-refractivity contribution in [2.75, 3.05) is 5.32 Å². The lowest BCUT2D eigenvalue weighted by Gasteiger charge is -2.17. The van der Waals surface area contributed by atoms with Gasteiger partial charge in [-0.25, -0.2) is 9.59 Å². The Morgan fingerprint density at radius 3 is 2.39 bits per heavy atom. The highest BCUT2D eigenvalue weighted by atomic mass is 16.4. The summed E-state index contributed by atoms with van der Waals surface area (Å²) in [5.41, 5.74) is 1.45. The summed E-state index contributed by atoms with van der Waals surface area (Å²) in [6.45, 7) is 3.12. The predicted molar refractivity (Wildman–Crippen MR) is 66.4 cm³/mol. The normalized spacial score (nSPS) is 13.5. The number of aryl methyl sites for hydroxylation is 1. The van der Waals surface area contributed by atoms with Gasteiger partial charge in [0, 0.05) is 5.69 Å². The molecule has 0 radical (unpaired) electrons. The minimum absolute atomic E-state index is 0.588. The van der Waals surface area contributed by atoms with Crippen LogP contribution in [-0.4, -0.2) is 34.4 Å². The van der Waals surface area contributed by atoms with E-state index in [0.29, 0.717) is 5.69 Å². The Morgan fingerprint density at radius 1 is 1.28 bits per heavy atom. The van der Waals surface area contributed by atoms with Crippen LogP contribution in [0.2, 0.25) is 0 Å². The second-order valence-electron chi connectivity index (χ2n) is 3.97. The summed E-state index contributed by atoms with van der Waals surface area (Å²) in [5, 5.41) is 22.8. The standard InChI is InChI=1S/C12H16N2O4/c1-7-5-3-4-6-9(7)13-12(18)14-10(8(2)15)11(16)17/h3-6,8,10,15H,1-2H3,(H,16,17)(H2,13,14,18)/t8-,10+/m1/s1. The monoisotopic (exact) mass is 252 g/mol. The third-order valence-corrected chi connectivity index (χ3v) is 2.43. The molecule has 1 aromatic carbocycles. The van der Waals surface area contributed by atoms with Crippen LogP contribution in [0.1, 0.15) is 12.5 Å². The van der Waals surface area contributed by atoms with Gasteiger partial charge in [-0.3, -0.25) is 0 Å². The predicted octanol–water partition coefficient (Wildman–Crippen LogP) is 0.951. The number of amides is 2. The molecule has 98 valence electrons. The van der Waals surface area contributed by atoms with Crippen LogP contribution < -0.4 is 10.6 Å². The molecular weight excluding hydrogens is 236 g/mol. The average Bonchev–Trinajstić information content (AvgIpc) is 2.28. The van der Waals surface area contributed by atoms with Crippen molar-refractivity contribution in [1.82, 2.24) is 5.32 Å². The molecule has 2 amide bonds. The van der Waals surface area contributed by atoms with E-state index in [-0.39, 0.29) is 0 Å². The van der Waals surface area contributed by atoms with E-state index in [2.05, 4.69) is 10.6 Å². The van der Waals surface area contributed by atoms with E-state index >= 15 is 0 Å². The minimum Gasteiger partial charge on any atom is -0.480 e. The number of carbonyl (C=O) groups is 2. The van der Waals surface area contributed by atoms with Crippen LogP contribution in [0.5, 0.6) is 0 Å². The number of urea groups is 1. The van der Waals surface area contributed by atoms with Crippen LogP contribution in [0.3, 0.4) is 0 Å². The molecule has 0 spiro atoms. The first-order valence-electron chi connectivity index (χ1n) is 5.46. The number of rotatable bonds is 4. The van der Waals surface area contributed by atoms with Crippen molar-refractivity contribution < 1.29 is 19.8 Å². The van der Waals surface area contributed by atoms with Gasteiger partial charge < -0.3 is 20.8 Å². The zero-order valence-electron chi connectivity index (χ0n) is 10.2. The minimum atomic E-state index is -1.34. The maximum atomic E-state index is 11.6. The largest absolute Gasteiger partial charge is 0.480 e. The molecule has 0 heterocycles. The van der Waals surface area contributed by atoms with Gasteiger partial charge >= 0.3 is 12.0 Å². The lowest BCUT2D eigenvalue weighted by Crippen LogP contribution is -2.49. The lowest BCUT2D eigenvalue weighted by molar-refractivity contribution is -0.141. The molecule has 6 heteroatoms. The SMILES string of the molecule is Cc1ccccc1NC(=O)N[C@H](C(=O)O)[C@@H](C)O. The number of hydrogen-bond donors (Lipinski definition) is 4. The van der Waals surface area contributed by atoms with Crippen LogP contribution >= 0.6 is 0 Å². The number of aliphatic hydroxyl groups excluding tert-OH is 1. The molecule has 4 N–H and O–H groups in total. The molecule has 1 aromatic rings. The first kappa shape index (κ1) is 14.0. The molecule has 0 bridgehead atoms. The summed E-state index contributed by atoms with van der Waals surface area (Å²) in [6, 6.07) is 5.10. The Labute approximate surface area is 105 Å². The Balaban J connectivity index is 2.67. The molecule has 1 rings (SSSR count). The molecule has 0 aromatic heterocycles. The second kappa shape index (κ2) is 6.02. The van der Waals surface area contributed by atoms with Crippen LogP contribution in [0.25, 0.3) is 0 Å². The van der Waals surface area contributed by atoms with E-state index in [0.717, 1.165) is 5.56 Å². The molecule has 0 aliphatic heterocycles. The van der Waals surface area contributed by atoms with E-state index in [1.54, 1.807) is 12.1 Å². The van der Waals surface area contributed by atoms with Gasteiger partial charge in [-0.05, 0) is 25.5 Å². The van der Waals surface area contributed by atoms with Crippen LogP contribution in [0, 0.1) is 6.92 Å². The van der Waals surface area contributed by atoms with Crippen LogP contribution in [-0.2, 0) is 4.79 Å². The Hall–Kier alpha value is -2.08. The van der Waals surface area contributed by atoms with Gasteiger partial charge in [-0.15, -0.1) is 0 Å². The van der Waals surface area contributed by atoms with E-state index in [1.807, 2.05) is 19.1 Å². The Morgan fingerprint density at radius 2 is 1.89 bits per heavy atom. The van der Waals surface area contributed by atoms with E-state index in [9.17, 15) is 14.7 Å². The fraction of sp³-hybridized carbons (Fsp3) is 0.333. The van der Waals surface area contributed by atoms with Crippen molar-refractivity contribution >= 4 is 17.7 Å². The number of aliphatic carboxylic acids is 1. The van der Waals surface area contributed by atoms with Crippen molar-refractivity contribution in [2.24, 2.45) is 0 Å². The third-order valence-electron chi connectivity index (χ3n) is 2.43. The quantitative estimate of drug-likeness (QED) is 0.641. The van der Waals surface area contributed by atoms with Crippen molar-refractivity contribution in [1.29, 1.82) is 0 Å². The molecule has 0 saturated carbocycles. The molecular formula is C12H16N2O4. The number of benzene rings is 1. The molecule has 0 unspecified atom stereocenters. The van der Waals surface area contributed by atoms with Crippen molar-refractivity contribution in [3.8, 4) is 0 Å². The summed E-state index contributed by atoms with van der Waals surface area (Å²) in [7, 11) is 0. The number of carboxylic acids is 1. The second-order valence-corrected chi connectivity index (χ2v) is 3.97.